The van der Waals surface area contributed by atoms with Gasteiger partial charge in [0, 0.05) is 34.0 Å². The van der Waals surface area contributed by atoms with Crippen LogP contribution >= 0.6 is 22.6 Å². The molecule has 5 aromatic carbocycles. The highest BCUT2D eigenvalue weighted by Crippen LogP contribution is 2.39. The van der Waals surface area contributed by atoms with Crippen molar-refractivity contribution in [3.05, 3.63) is 138 Å². The number of aromatic nitrogens is 2. The maximum Gasteiger partial charge on any atom is 0.349 e. The molecule has 0 radical (unpaired) electrons. The maximum atomic E-state index is 12.3. The summed E-state index contributed by atoms with van der Waals surface area (Å²) in [7, 11) is 0. The third-order valence-electron chi connectivity index (χ3n) is 8.00. The molecule has 0 saturated carbocycles. The monoisotopic (exact) mass is 751 g/mol. The molecule has 48 heavy (non-hydrogen) atoms. The molecule has 0 saturated heterocycles. The number of rotatable bonds is 12. The number of halogens is 1. The summed E-state index contributed by atoms with van der Waals surface area (Å²) in [6.45, 7) is 0.623. The molecule has 3 N–H and O–H groups in total. The number of hydrogen-bond donors (Lipinski definition) is 2. The maximum absolute atomic E-state index is 12.3. The SMILES string of the molecule is Nc1oc(-c2ccccc2)nc1COc1ccc(Cn2c3ccccc3c3c(OC(C(=O)O)c4ccccc4)cccc32)cc1OCI. The Hall–Kier alpha value is -5.49. The van der Waals surface area contributed by atoms with E-state index in [0.29, 0.717) is 45.6 Å². The third-order valence-corrected chi connectivity index (χ3v) is 8.31. The summed E-state index contributed by atoms with van der Waals surface area (Å²) in [6.07, 6.45) is -1.16. The first-order valence-corrected chi connectivity index (χ1v) is 16.7. The van der Waals surface area contributed by atoms with Crippen LogP contribution in [0.4, 0.5) is 5.88 Å². The summed E-state index contributed by atoms with van der Waals surface area (Å²) < 4.78 is 26.7. The number of para-hydroxylation sites is 1. The molecular weight excluding hydrogens is 721 g/mol. The van der Waals surface area contributed by atoms with Gasteiger partial charge in [-0.2, -0.15) is 0 Å². The summed E-state index contributed by atoms with van der Waals surface area (Å²) in [5.41, 5.74) is 10.9. The largest absolute Gasteiger partial charge is 0.483 e. The number of nitrogen functional groups attached to an aromatic ring is 1. The second kappa shape index (κ2) is 13.7. The molecule has 10 heteroatoms. The number of hydrogen-bond acceptors (Lipinski definition) is 7. The van der Waals surface area contributed by atoms with Crippen LogP contribution in [-0.4, -0.2) is 25.2 Å². The first kappa shape index (κ1) is 31.1. The van der Waals surface area contributed by atoms with Crippen molar-refractivity contribution in [3.63, 3.8) is 0 Å². The predicted molar refractivity (Wildman–Crippen MR) is 193 cm³/mol. The highest BCUT2D eigenvalue weighted by Gasteiger charge is 2.24. The first-order chi connectivity index (χ1) is 23.5. The van der Waals surface area contributed by atoms with E-state index >= 15 is 0 Å². The van der Waals surface area contributed by atoms with Gasteiger partial charge < -0.3 is 34.0 Å². The molecule has 0 aliphatic rings. The number of fused-ring (bicyclic) bond motifs is 3. The highest BCUT2D eigenvalue weighted by molar-refractivity contribution is 14.1. The Morgan fingerprint density at radius 3 is 2.33 bits per heavy atom. The number of benzene rings is 5. The molecule has 0 aliphatic carbocycles. The lowest BCUT2D eigenvalue weighted by Gasteiger charge is -2.17. The fourth-order valence-electron chi connectivity index (χ4n) is 5.79. The van der Waals surface area contributed by atoms with E-state index in [4.69, 9.17) is 24.4 Å². The van der Waals surface area contributed by atoms with Gasteiger partial charge in [-0.3, -0.25) is 0 Å². The van der Waals surface area contributed by atoms with Gasteiger partial charge in [-0.1, -0.05) is 78.9 Å². The molecular formula is C38H30IN3O6. The van der Waals surface area contributed by atoms with Crippen molar-refractivity contribution < 1.29 is 28.5 Å². The molecule has 0 amide bonds. The number of carboxylic acids is 1. The molecule has 0 spiro atoms. The topological polar surface area (TPSA) is 122 Å². The van der Waals surface area contributed by atoms with Gasteiger partial charge in [-0.15, -0.1) is 0 Å². The van der Waals surface area contributed by atoms with Crippen LogP contribution in [0, 0.1) is 0 Å². The Morgan fingerprint density at radius 1 is 0.833 bits per heavy atom. The number of oxazole rings is 1. The number of anilines is 1. The summed E-state index contributed by atoms with van der Waals surface area (Å²) in [6, 6.07) is 38.1. The van der Waals surface area contributed by atoms with Gasteiger partial charge in [0.25, 0.3) is 0 Å². The van der Waals surface area contributed by atoms with E-state index in [2.05, 4.69) is 38.2 Å². The molecule has 0 fully saturated rings. The van der Waals surface area contributed by atoms with E-state index in [-0.39, 0.29) is 12.5 Å². The van der Waals surface area contributed by atoms with Crippen molar-refractivity contribution in [2.24, 2.45) is 0 Å². The fraction of sp³-hybridized carbons (Fsp3) is 0.105. The Balaban J connectivity index is 1.19. The fourth-order valence-corrected chi connectivity index (χ4v) is 6.13. The summed E-state index contributed by atoms with van der Waals surface area (Å²) in [5, 5.41) is 11.9. The molecule has 240 valence electrons. The van der Waals surface area contributed by atoms with Gasteiger partial charge in [-0.25, -0.2) is 9.78 Å². The lowest BCUT2D eigenvalue weighted by molar-refractivity contribution is -0.145. The molecule has 1 unspecified atom stereocenters. The number of carboxylic acid groups (broad SMARTS) is 1. The van der Waals surface area contributed by atoms with E-state index < -0.39 is 12.1 Å². The van der Waals surface area contributed by atoms with Crippen LogP contribution < -0.4 is 19.9 Å². The van der Waals surface area contributed by atoms with Crippen LogP contribution in [-0.2, 0) is 17.9 Å². The zero-order valence-electron chi connectivity index (χ0n) is 25.6. The van der Waals surface area contributed by atoms with Crippen molar-refractivity contribution >= 4 is 56.3 Å². The lowest BCUT2D eigenvalue weighted by atomic mass is 10.1. The van der Waals surface area contributed by atoms with Gasteiger partial charge in [0.15, 0.2) is 11.5 Å². The normalized spacial score (nSPS) is 11.9. The highest BCUT2D eigenvalue weighted by atomic mass is 127. The zero-order valence-corrected chi connectivity index (χ0v) is 27.7. The van der Waals surface area contributed by atoms with Crippen molar-refractivity contribution in [1.82, 2.24) is 9.55 Å². The predicted octanol–water partition coefficient (Wildman–Crippen LogP) is 8.64. The number of carbonyl (C=O) groups is 1. The minimum absolute atomic E-state index is 0.106. The van der Waals surface area contributed by atoms with Crippen molar-refractivity contribution in [3.8, 4) is 28.7 Å². The average molecular weight is 752 g/mol. The molecule has 9 nitrogen and oxygen atoms in total. The second-order valence-corrected chi connectivity index (χ2v) is 11.6. The number of aliphatic carboxylic acids is 1. The summed E-state index contributed by atoms with van der Waals surface area (Å²) in [5.74, 6) is 1.22. The van der Waals surface area contributed by atoms with E-state index in [1.54, 1.807) is 24.3 Å². The Kier molecular flexibility index (Phi) is 8.89. The Bertz CT molecular complexity index is 2220. The van der Waals surface area contributed by atoms with Crippen LogP contribution in [0.25, 0.3) is 33.3 Å². The minimum atomic E-state index is -1.16. The smallest absolute Gasteiger partial charge is 0.349 e. The minimum Gasteiger partial charge on any atom is -0.483 e. The Morgan fingerprint density at radius 2 is 1.56 bits per heavy atom. The molecule has 1 atom stereocenters. The zero-order chi connectivity index (χ0) is 33.0. The van der Waals surface area contributed by atoms with Crippen LogP contribution in [0.2, 0.25) is 0 Å². The lowest BCUT2D eigenvalue weighted by Crippen LogP contribution is -2.18. The van der Waals surface area contributed by atoms with Gasteiger partial charge in [-0.05, 0) is 70.6 Å². The van der Waals surface area contributed by atoms with Gasteiger partial charge in [0.1, 0.15) is 22.7 Å². The van der Waals surface area contributed by atoms with Crippen LogP contribution in [0.1, 0.15) is 22.9 Å². The van der Waals surface area contributed by atoms with Gasteiger partial charge in [0.2, 0.25) is 17.9 Å². The molecule has 0 bridgehead atoms. The molecule has 2 heterocycles. The van der Waals surface area contributed by atoms with Crippen LogP contribution in [0.5, 0.6) is 17.2 Å². The van der Waals surface area contributed by atoms with E-state index in [9.17, 15) is 9.90 Å². The van der Waals surface area contributed by atoms with E-state index in [1.165, 1.54) is 0 Å². The number of alkyl halides is 1. The molecule has 2 aromatic heterocycles. The first-order valence-electron chi connectivity index (χ1n) is 15.2. The molecule has 7 rings (SSSR count). The van der Waals surface area contributed by atoms with Crippen LogP contribution in [0.15, 0.2) is 126 Å². The number of nitrogens with two attached hydrogens (primary N) is 1. The van der Waals surface area contributed by atoms with Crippen molar-refractivity contribution in [1.29, 1.82) is 0 Å². The Labute approximate surface area is 289 Å². The van der Waals surface area contributed by atoms with Gasteiger partial charge in [0.05, 0.1) is 5.52 Å². The number of ether oxygens (including phenoxy) is 3. The average Bonchev–Trinajstić information content (AvgIpc) is 3.65. The number of nitrogens with zero attached hydrogens (tertiary/aromatic N) is 2. The second-order valence-electron chi connectivity index (χ2n) is 11.0. The van der Waals surface area contributed by atoms with Crippen molar-refractivity contribution in [2.75, 3.05) is 10.3 Å². The third kappa shape index (κ3) is 6.26. The van der Waals surface area contributed by atoms with Crippen LogP contribution in [0.3, 0.4) is 0 Å². The molecule has 7 aromatic rings. The van der Waals surface area contributed by atoms with Crippen molar-refractivity contribution in [2.45, 2.75) is 19.3 Å². The summed E-state index contributed by atoms with van der Waals surface area (Å²) >= 11 is 2.16. The van der Waals surface area contributed by atoms with Gasteiger partial charge >= 0.3 is 5.97 Å². The van der Waals surface area contributed by atoms with E-state index in [0.717, 1.165) is 32.9 Å². The summed E-state index contributed by atoms with van der Waals surface area (Å²) in [4.78, 5) is 16.8. The molecule has 0 aliphatic heterocycles. The van der Waals surface area contributed by atoms with E-state index in [1.807, 2.05) is 91.0 Å². The quantitative estimate of drug-likeness (QED) is 0.0941. The standard InChI is InChI=1S/C38H30IN3O6/c39-23-46-33-20-24(18-19-31(33)45-22-28-36(40)48-37(41-28)26-12-5-2-6-13-26)21-42-29-15-8-7-14-27(29)34-30(42)16-9-17-32(34)47-35(38(43)44)25-10-3-1-4-11-25/h1-20,35H,21-23,40H2,(H,43,44).